The molecule has 0 aliphatic heterocycles. The van der Waals surface area contributed by atoms with E-state index in [1.165, 1.54) is 0 Å². The molecule has 0 aliphatic rings. The lowest BCUT2D eigenvalue weighted by Crippen LogP contribution is -1.99. The molecule has 0 N–H and O–H groups in total. The van der Waals surface area contributed by atoms with Crippen LogP contribution >= 0.6 is 0 Å². The third-order valence-corrected chi connectivity index (χ3v) is 3.88. The monoisotopic (exact) mass is 308 g/mol. The molecule has 0 aromatic heterocycles. The van der Waals surface area contributed by atoms with E-state index in [0.29, 0.717) is 5.56 Å². The van der Waals surface area contributed by atoms with Crippen molar-refractivity contribution < 1.29 is 13.2 Å². The van der Waals surface area contributed by atoms with E-state index in [1.54, 1.807) is 6.08 Å². The Morgan fingerprint density at radius 2 is 1.64 bits per heavy atom. The van der Waals surface area contributed by atoms with Gasteiger partial charge in [-0.25, -0.2) is 13.2 Å². The quantitative estimate of drug-likeness (QED) is 0.411. The second kappa shape index (κ2) is 8.02. The Hall–Kier alpha value is -1.77. The first-order chi connectivity index (χ1) is 10.3. The third kappa shape index (κ3) is 4.12. The van der Waals surface area contributed by atoms with Crippen molar-refractivity contribution in [3.63, 3.8) is 0 Å². The molecule has 120 valence electrons. The largest absolute Gasteiger partial charge is 0.204 e. The molecule has 0 spiro atoms. The topological polar surface area (TPSA) is 0 Å². The summed E-state index contributed by atoms with van der Waals surface area (Å²) in [5, 5.41) is 0. The molecule has 0 nitrogen and oxygen atoms in total. The summed E-state index contributed by atoms with van der Waals surface area (Å²) < 4.78 is 40.4. The molecule has 1 rings (SSSR count). The second-order valence-electron chi connectivity index (χ2n) is 5.52. The molecule has 0 unspecified atom stereocenters. The maximum absolute atomic E-state index is 13.6. The van der Waals surface area contributed by atoms with E-state index in [4.69, 9.17) is 0 Å². The van der Waals surface area contributed by atoms with Crippen LogP contribution in [0, 0.1) is 17.5 Å². The highest BCUT2D eigenvalue weighted by Gasteiger charge is 2.16. The molecule has 3 heteroatoms. The van der Waals surface area contributed by atoms with E-state index in [9.17, 15) is 13.2 Å². The Morgan fingerprint density at radius 1 is 1.09 bits per heavy atom. The van der Waals surface area contributed by atoms with Crippen LogP contribution in [-0.2, 0) is 0 Å². The Bertz CT molecular complexity index is 599. The standard InChI is InChI=1S/C19H23F3/c1-6-8-9-13(4)18(14(5)12(3)7-2)15-10-16(20)19(22)17(21)11-15/h7,10-11H,2,6,8-9H2,1,3-5H3/b14-12+,18-13-. The fourth-order valence-electron chi connectivity index (χ4n) is 2.40. The number of allylic oxidation sites excluding steroid dienone is 5. The normalized spacial score (nSPS) is 13.6. The Balaban J connectivity index is 3.55. The SMILES string of the molecule is C=C/C(C)=C(C)/C(=C(\C)CCCC)c1cc(F)c(F)c(F)c1. The first kappa shape index (κ1) is 18.3. The lowest BCUT2D eigenvalue weighted by Gasteiger charge is -2.16. The molecule has 0 bridgehead atoms. The fraction of sp³-hybridized carbons (Fsp3) is 0.368. The van der Waals surface area contributed by atoms with Crippen LogP contribution in [0.25, 0.3) is 5.57 Å². The van der Waals surface area contributed by atoms with Crippen molar-refractivity contribution in [2.24, 2.45) is 0 Å². The van der Waals surface area contributed by atoms with Gasteiger partial charge in [-0.05, 0) is 68.0 Å². The highest BCUT2D eigenvalue weighted by Crippen LogP contribution is 2.32. The van der Waals surface area contributed by atoms with Crippen molar-refractivity contribution in [2.45, 2.75) is 47.0 Å². The molecular formula is C19H23F3. The zero-order valence-corrected chi connectivity index (χ0v) is 13.7. The van der Waals surface area contributed by atoms with Gasteiger partial charge in [-0.1, -0.05) is 31.6 Å². The van der Waals surface area contributed by atoms with Gasteiger partial charge in [-0.2, -0.15) is 0 Å². The molecule has 0 aliphatic carbocycles. The molecule has 1 aromatic rings. The van der Waals surface area contributed by atoms with Crippen molar-refractivity contribution in [3.8, 4) is 0 Å². The number of hydrogen-bond donors (Lipinski definition) is 0. The summed E-state index contributed by atoms with van der Waals surface area (Å²) in [7, 11) is 0. The minimum Gasteiger partial charge on any atom is -0.204 e. The Kier molecular flexibility index (Phi) is 6.66. The minimum atomic E-state index is -1.43. The smallest absolute Gasteiger partial charge is 0.194 e. The van der Waals surface area contributed by atoms with Gasteiger partial charge in [0.25, 0.3) is 0 Å². The van der Waals surface area contributed by atoms with Gasteiger partial charge in [-0.3, -0.25) is 0 Å². The van der Waals surface area contributed by atoms with Crippen LogP contribution in [0.5, 0.6) is 0 Å². The van der Waals surface area contributed by atoms with E-state index in [1.807, 2.05) is 20.8 Å². The van der Waals surface area contributed by atoms with Crippen molar-refractivity contribution in [1.82, 2.24) is 0 Å². The zero-order chi connectivity index (χ0) is 16.9. The van der Waals surface area contributed by atoms with Gasteiger partial charge in [0.15, 0.2) is 17.5 Å². The fourth-order valence-corrected chi connectivity index (χ4v) is 2.40. The van der Waals surface area contributed by atoms with Gasteiger partial charge in [0.1, 0.15) is 0 Å². The molecule has 0 saturated carbocycles. The second-order valence-corrected chi connectivity index (χ2v) is 5.52. The van der Waals surface area contributed by atoms with Crippen LogP contribution in [0.2, 0.25) is 0 Å². The minimum absolute atomic E-state index is 0.365. The Morgan fingerprint density at radius 3 is 2.09 bits per heavy atom. The maximum atomic E-state index is 13.6. The first-order valence-electron chi connectivity index (χ1n) is 7.48. The van der Waals surface area contributed by atoms with Crippen LogP contribution < -0.4 is 0 Å². The molecule has 0 saturated heterocycles. The van der Waals surface area contributed by atoms with Gasteiger partial charge in [0.2, 0.25) is 0 Å². The molecule has 1 aromatic carbocycles. The van der Waals surface area contributed by atoms with Gasteiger partial charge in [0.05, 0.1) is 0 Å². The maximum Gasteiger partial charge on any atom is 0.194 e. The van der Waals surface area contributed by atoms with Gasteiger partial charge < -0.3 is 0 Å². The Labute approximate surface area is 131 Å². The van der Waals surface area contributed by atoms with Gasteiger partial charge >= 0.3 is 0 Å². The van der Waals surface area contributed by atoms with Crippen molar-refractivity contribution in [1.29, 1.82) is 0 Å². The molecule has 0 amide bonds. The lowest BCUT2D eigenvalue weighted by atomic mass is 9.89. The average Bonchev–Trinajstić information content (AvgIpc) is 2.49. The van der Waals surface area contributed by atoms with Crippen molar-refractivity contribution in [3.05, 3.63) is 64.5 Å². The predicted octanol–water partition coefficient (Wildman–Crippen LogP) is 6.59. The van der Waals surface area contributed by atoms with Gasteiger partial charge in [0, 0.05) is 0 Å². The van der Waals surface area contributed by atoms with E-state index >= 15 is 0 Å². The number of rotatable bonds is 6. The van der Waals surface area contributed by atoms with E-state index in [2.05, 4.69) is 13.5 Å². The summed E-state index contributed by atoms with van der Waals surface area (Å²) in [6, 6.07) is 2.12. The summed E-state index contributed by atoms with van der Waals surface area (Å²) in [6.45, 7) is 11.6. The molecular weight excluding hydrogens is 285 g/mol. The zero-order valence-electron chi connectivity index (χ0n) is 13.7. The highest BCUT2D eigenvalue weighted by atomic mass is 19.2. The summed E-state index contributed by atoms with van der Waals surface area (Å²) >= 11 is 0. The van der Waals surface area contributed by atoms with Crippen molar-refractivity contribution in [2.75, 3.05) is 0 Å². The van der Waals surface area contributed by atoms with Crippen LogP contribution in [0.1, 0.15) is 52.5 Å². The molecule has 22 heavy (non-hydrogen) atoms. The number of benzene rings is 1. The number of halogens is 3. The number of hydrogen-bond acceptors (Lipinski definition) is 0. The summed E-state index contributed by atoms with van der Waals surface area (Å²) in [6.07, 6.45) is 4.55. The highest BCUT2D eigenvalue weighted by molar-refractivity contribution is 5.82. The van der Waals surface area contributed by atoms with E-state index < -0.39 is 17.5 Å². The van der Waals surface area contributed by atoms with Gasteiger partial charge in [-0.15, -0.1) is 0 Å². The van der Waals surface area contributed by atoms with Crippen LogP contribution in [0.15, 0.2) is 41.5 Å². The average molecular weight is 308 g/mol. The molecule has 0 heterocycles. The van der Waals surface area contributed by atoms with Crippen LogP contribution in [-0.4, -0.2) is 0 Å². The molecule has 0 radical (unpaired) electrons. The summed E-state index contributed by atoms with van der Waals surface area (Å²) in [4.78, 5) is 0. The predicted molar refractivity (Wildman–Crippen MR) is 87.0 cm³/mol. The molecule has 0 fully saturated rings. The lowest BCUT2D eigenvalue weighted by molar-refractivity contribution is 0.446. The number of unbranched alkanes of at least 4 members (excludes halogenated alkanes) is 1. The van der Waals surface area contributed by atoms with Crippen LogP contribution in [0.4, 0.5) is 13.2 Å². The first-order valence-corrected chi connectivity index (χ1v) is 7.48. The molecule has 0 atom stereocenters. The summed E-state index contributed by atoms with van der Waals surface area (Å²) in [5.41, 5.74) is 3.99. The summed E-state index contributed by atoms with van der Waals surface area (Å²) in [5.74, 6) is -3.77. The van der Waals surface area contributed by atoms with Crippen molar-refractivity contribution >= 4 is 5.57 Å². The van der Waals surface area contributed by atoms with E-state index in [-0.39, 0.29) is 0 Å². The van der Waals surface area contributed by atoms with Crippen LogP contribution in [0.3, 0.4) is 0 Å². The third-order valence-electron chi connectivity index (χ3n) is 3.88. The van der Waals surface area contributed by atoms with E-state index in [0.717, 1.165) is 53.7 Å².